The van der Waals surface area contributed by atoms with Gasteiger partial charge in [0, 0.05) is 6.04 Å². The molecule has 3 unspecified atom stereocenters. The van der Waals surface area contributed by atoms with E-state index in [0.717, 1.165) is 25.8 Å². The first-order valence-corrected chi connectivity index (χ1v) is 7.50. The number of aliphatic hydroxyl groups excluding tert-OH is 1. The van der Waals surface area contributed by atoms with Crippen molar-refractivity contribution in [2.45, 2.75) is 44.4 Å². The van der Waals surface area contributed by atoms with Gasteiger partial charge >= 0.3 is 0 Å². The van der Waals surface area contributed by atoms with Crippen LogP contribution in [0.15, 0.2) is 0 Å². The summed E-state index contributed by atoms with van der Waals surface area (Å²) in [7, 11) is -3.01. The fourth-order valence-electron chi connectivity index (χ4n) is 2.86. The van der Waals surface area contributed by atoms with Crippen LogP contribution in [-0.2, 0) is 9.84 Å². The molecule has 4 nitrogen and oxygen atoms in total. The Morgan fingerprint density at radius 1 is 1.40 bits per heavy atom. The lowest BCUT2D eigenvalue weighted by Crippen LogP contribution is -2.45. The van der Waals surface area contributed by atoms with Gasteiger partial charge in [-0.15, -0.1) is 0 Å². The summed E-state index contributed by atoms with van der Waals surface area (Å²) >= 11 is 0. The third-order valence-corrected chi connectivity index (χ3v) is 5.31. The van der Waals surface area contributed by atoms with Crippen LogP contribution in [0.2, 0.25) is 0 Å². The zero-order valence-electron chi connectivity index (χ0n) is 9.09. The largest absolute Gasteiger partial charge is 0.390 e. The van der Waals surface area contributed by atoms with Crippen molar-refractivity contribution in [3.8, 4) is 0 Å². The van der Waals surface area contributed by atoms with Crippen LogP contribution in [0.3, 0.4) is 0 Å². The zero-order valence-corrected chi connectivity index (χ0v) is 9.91. The smallest absolute Gasteiger partial charge is 0.154 e. The van der Waals surface area contributed by atoms with Crippen molar-refractivity contribution < 1.29 is 13.5 Å². The van der Waals surface area contributed by atoms with E-state index in [9.17, 15) is 13.5 Å². The van der Waals surface area contributed by atoms with E-state index in [4.69, 9.17) is 0 Å². The summed E-state index contributed by atoms with van der Waals surface area (Å²) in [5, 5.41) is 9.78. The predicted molar refractivity (Wildman–Crippen MR) is 58.5 cm³/mol. The van der Waals surface area contributed by atoms with Gasteiger partial charge in [0.1, 0.15) is 0 Å². The molecule has 2 heterocycles. The number of hydrogen-bond acceptors (Lipinski definition) is 4. The average molecular weight is 233 g/mol. The van der Waals surface area contributed by atoms with Gasteiger partial charge in [0.15, 0.2) is 9.84 Å². The van der Waals surface area contributed by atoms with Crippen LogP contribution < -0.4 is 0 Å². The third-order valence-electron chi connectivity index (χ3n) is 3.61. The van der Waals surface area contributed by atoms with Gasteiger partial charge in [-0.1, -0.05) is 6.92 Å². The Kier molecular flexibility index (Phi) is 3.05. The van der Waals surface area contributed by atoms with Crippen LogP contribution in [0.1, 0.15) is 26.2 Å². The highest BCUT2D eigenvalue weighted by molar-refractivity contribution is 7.91. The Balaban J connectivity index is 2.11. The maximum absolute atomic E-state index is 11.4. The highest BCUT2D eigenvalue weighted by Gasteiger charge is 2.42. The molecule has 0 spiro atoms. The lowest BCUT2D eigenvalue weighted by atomic mass is 10.1. The number of likely N-dealkylation sites (tertiary alicyclic amines) is 1. The van der Waals surface area contributed by atoms with E-state index < -0.39 is 15.9 Å². The van der Waals surface area contributed by atoms with Gasteiger partial charge in [-0.25, -0.2) is 8.42 Å². The minimum Gasteiger partial charge on any atom is -0.390 e. The highest BCUT2D eigenvalue weighted by atomic mass is 32.2. The van der Waals surface area contributed by atoms with Gasteiger partial charge in [-0.3, -0.25) is 4.90 Å². The van der Waals surface area contributed by atoms with E-state index in [2.05, 4.69) is 11.8 Å². The first-order valence-electron chi connectivity index (χ1n) is 5.67. The molecule has 0 bridgehead atoms. The molecule has 5 heteroatoms. The lowest BCUT2D eigenvalue weighted by Gasteiger charge is -2.30. The summed E-state index contributed by atoms with van der Waals surface area (Å²) < 4.78 is 22.8. The summed E-state index contributed by atoms with van der Waals surface area (Å²) in [6, 6.07) is 0.320. The summed E-state index contributed by atoms with van der Waals surface area (Å²) in [6.07, 6.45) is 2.63. The van der Waals surface area contributed by atoms with Crippen LogP contribution >= 0.6 is 0 Å². The maximum atomic E-state index is 11.4. The molecular formula is C10H19NO3S. The number of rotatable bonds is 2. The molecule has 0 saturated carbocycles. The Morgan fingerprint density at radius 3 is 2.67 bits per heavy atom. The van der Waals surface area contributed by atoms with Crippen LogP contribution in [-0.4, -0.2) is 54.7 Å². The Bertz CT molecular complexity index is 328. The first-order chi connectivity index (χ1) is 7.03. The molecule has 0 amide bonds. The van der Waals surface area contributed by atoms with Gasteiger partial charge in [0.2, 0.25) is 0 Å². The van der Waals surface area contributed by atoms with Gasteiger partial charge < -0.3 is 5.11 Å². The van der Waals surface area contributed by atoms with Crippen molar-refractivity contribution >= 4 is 9.84 Å². The second-order valence-electron chi connectivity index (χ2n) is 4.65. The maximum Gasteiger partial charge on any atom is 0.154 e. The quantitative estimate of drug-likeness (QED) is 0.730. The van der Waals surface area contributed by atoms with Crippen LogP contribution in [0, 0.1) is 0 Å². The predicted octanol–water partition coefficient (Wildman–Crippen LogP) is 0.0187. The van der Waals surface area contributed by atoms with E-state index in [-0.39, 0.29) is 17.5 Å². The van der Waals surface area contributed by atoms with Gasteiger partial charge in [-0.2, -0.15) is 0 Å². The minimum atomic E-state index is -3.01. The normalized spacial score (nSPS) is 41.1. The number of aliphatic hydroxyl groups is 1. The molecule has 88 valence electrons. The monoisotopic (exact) mass is 233 g/mol. The van der Waals surface area contributed by atoms with E-state index in [1.54, 1.807) is 0 Å². The Hall–Kier alpha value is -0.130. The molecule has 0 aromatic rings. The van der Waals surface area contributed by atoms with Crippen LogP contribution in [0.4, 0.5) is 0 Å². The second kappa shape index (κ2) is 4.03. The molecular weight excluding hydrogens is 214 g/mol. The molecule has 3 atom stereocenters. The zero-order chi connectivity index (χ0) is 11.1. The Labute approximate surface area is 91.2 Å². The molecule has 0 aliphatic carbocycles. The molecule has 0 radical (unpaired) electrons. The fourth-order valence-corrected chi connectivity index (χ4v) is 4.67. The number of nitrogens with zero attached hydrogens (tertiary/aromatic N) is 1. The average Bonchev–Trinajstić information content (AvgIpc) is 2.69. The van der Waals surface area contributed by atoms with Crippen molar-refractivity contribution in [3.63, 3.8) is 0 Å². The molecule has 2 rings (SSSR count). The van der Waals surface area contributed by atoms with E-state index in [1.807, 2.05) is 0 Å². The van der Waals surface area contributed by atoms with Gasteiger partial charge in [0.05, 0.1) is 23.7 Å². The third kappa shape index (κ3) is 2.19. The SMILES string of the molecule is CCC1CCCN1C1CS(=O)(=O)CC1O. The van der Waals surface area contributed by atoms with Crippen LogP contribution in [0.5, 0.6) is 0 Å². The van der Waals surface area contributed by atoms with Crippen molar-refractivity contribution in [2.75, 3.05) is 18.1 Å². The second-order valence-corrected chi connectivity index (χ2v) is 6.81. The number of hydrogen-bond donors (Lipinski definition) is 1. The van der Waals surface area contributed by atoms with Gasteiger partial charge in [-0.05, 0) is 25.8 Å². The van der Waals surface area contributed by atoms with Gasteiger partial charge in [0.25, 0.3) is 0 Å². The molecule has 15 heavy (non-hydrogen) atoms. The molecule has 2 aliphatic rings. The summed E-state index contributed by atoms with van der Waals surface area (Å²) in [5.41, 5.74) is 0. The molecule has 1 N–H and O–H groups in total. The number of sulfone groups is 1. The summed E-state index contributed by atoms with van der Waals surface area (Å²) in [4.78, 5) is 2.20. The molecule has 2 fully saturated rings. The first kappa shape index (κ1) is 11.4. The van der Waals surface area contributed by atoms with Crippen molar-refractivity contribution in [1.82, 2.24) is 4.90 Å². The standard InChI is InChI=1S/C10H19NO3S/c1-2-8-4-3-5-11(8)9-6-15(13,14)7-10(9)12/h8-10,12H,2-7H2,1H3. The van der Waals surface area contributed by atoms with E-state index >= 15 is 0 Å². The van der Waals surface area contributed by atoms with Crippen molar-refractivity contribution in [1.29, 1.82) is 0 Å². The molecule has 0 aromatic heterocycles. The molecule has 0 aromatic carbocycles. The van der Waals surface area contributed by atoms with Crippen molar-refractivity contribution in [2.24, 2.45) is 0 Å². The summed E-state index contributed by atoms with van der Waals surface area (Å²) in [5.74, 6) is 0.0925. The summed E-state index contributed by atoms with van der Waals surface area (Å²) in [6.45, 7) is 3.06. The van der Waals surface area contributed by atoms with Crippen LogP contribution in [0.25, 0.3) is 0 Å². The lowest BCUT2D eigenvalue weighted by molar-refractivity contribution is 0.0740. The van der Waals surface area contributed by atoms with Crippen molar-refractivity contribution in [3.05, 3.63) is 0 Å². The molecule has 2 aliphatic heterocycles. The minimum absolute atomic E-state index is 0.0510. The van der Waals surface area contributed by atoms with E-state index in [1.165, 1.54) is 0 Å². The Morgan fingerprint density at radius 2 is 2.13 bits per heavy atom. The topological polar surface area (TPSA) is 57.6 Å². The molecule has 2 saturated heterocycles. The highest BCUT2D eigenvalue weighted by Crippen LogP contribution is 2.28. The van der Waals surface area contributed by atoms with E-state index in [0.29, 0.717) is 6.04 Å². The fraction of sp³-hybridized carbons (Fsp3) is 1.00.